The molecule has 0 radical (unpaired) electrons. The largest absolute Gasteiger partial charge is 0.456 e. The van der Waals surface area contributed by atoms with Crippen LogP contribution in [0.5, 0.6) is 0 Å². The lowest BCUT2D eigenvalue weighted by Crippen LogP contribution is -1.93. The first-order valence-electron chi connectivity index (χ1n) is 16.7. The van der Waals surface area contributed by atoms with Crippen LogP contribution < -0.4 is 0 Å². The van der Waals surface area contributed by atoms with Crippen LogP contribution in [0, 0.1) is 0 Å². The Balaban J connectivity index is 1.24. The minimum absolute atomic E-state index is 0.817. The Bertz CT molecular complexity index is 3050. The third-order valence-corrected chi connectivity index (χ3v) is 10.2. The van der Waals surface area contributed by atoms with E-state index in [1.165, 1.54) is 43.7 Å². The summed E-state index contributed by atoms with van der Waals surface area (Å²) in [7, 11) is 0. The number of fused-ring (bicyclic) bond motifs is 10. The van der Waals surface area contributed by atoms with E-state index in [4.69, 9.17) is 8.83 Å². The Labute approximate surface area is 280 Å². The average molecular weight is 626 g/mol. The molecule has 49 heavy (non-hydrogen) atoms. The summed E-state index contributed by atoms with van der Waals surface area (Å²) < 4.78 is 15.5. The van der Waals surface area contributed by atoms with E-state index in [1.54, 1.807) is 0 Å². The van der Waals surface area contributed by atoms with Gasteiger partial charge in [-0.2, -0.15) is 0 Å². The summed E-state index contributed by atoms with van der Waals surface area (Å²) in [5.74, 6) is 0.834. The highest BCUT2D eigenvalue weighted by Gasteiger charge is 2.23. The van der Waals surface area contributed by atoms with Crippen molar-refractivity contribution in [3.05, 3.63) is 164 Å². The van der Waals surface area contributed by atoms with Crippen LogP contribution in [-0.2, 0) is 0 Å². The molecular formula is C46H27NO2. The molecule has 0 N–H and O–H groups in total. The topological polar surface area (TPSA) is 31.2 Å². The molecule has 0 aliphatic rings. The summed E-state index contributed by atoms with van der Waals surface area (Å²) in [6.07, 6.45) is 0. The van der Waals surface area contributed by atoms with Gasteiger partial charge in [0.15, 0.2) is 0 Å². The fourth-order valence-corrected chi connectivity index (χ4v) is 8.19. The van der Waals surface area contributed by atoms with E-state index in [0.29, 0.717) is 0 Å². The number of benzene rings is 8. The molecule has 0 fully saturated rings. The van der Waals surface area contributed by atoms with Crippen LogP contribution in [0.2, 0.25) is 0 Å². The summed E-state index contributed by atoms with van der Waals surface area (Å²) in [5.41, 5.74) is 9.64. The van der Waals surface area contributed by atoms with Gasteiger partial charge in [-0.25, -0.2) is 0 Å². The number of rotatable bonds is 3. The maximum absolute atomic E-state index is 6.74. The van der Waals surface area contributed by atoms with Gasteiger partial charge >= 0.3 is 0 Å². The fraction of sp³-hybridized carbons (Fsp3) is 0. The zero-order valence-electron chi connectivity index (χ0n) is 26.4. The van der Waals surface area contributed by atoms with E-state index in [0.717, 1.165) is 60.7 Å². The molecule has 0 aliphatic carbocycles. The molecule has 3 aromatic heterocycles. The van der Waals surface area contributed by atoms with Crippen molar-refractivity contribution in [2.45, 2.75) is 0 Å². The monoisotopic (exact) mass is 625 g/mol. The van der Waals surface area contributed by atoms with Gasteiger partial charge in [-0.1, -0.05) is 115 Å². The third kappa shape index (κ3) is 3.67. The first-order valence-corrected chi connectivity index (χ1v) is 16.7. The van der Waals surface area contributed by atoms with Gasteiger partial charge in [0.1, 0.15) is 22.5 Å². The van der Waals surface area contributed by atoms with Crippen molar-refractivity contribution in [2.24, 2.45) is 0 Å². The zero-order valence-corrected chi connectivity index (χ0v) is 26.4. The lowest BCUT2D eigenvalue weighted by Gasteiger charge is -2.17. The summed E-state index contributed by atoms with van der Waals surface area (Å²) in [6.45, 7) is 0. The zero-order chi connectivity index (χ0) is 32.1. The van der Waals surface area contributed by atoms with Crippen LogP contribution >= 0.6 is 0 Å². The minimum Gasteiger partial charge on any atom is -0.456 e. The number of aromatic nitrogens is 1. The highest BCUT2D eigenvalue weighted by Crippen LogP contribution is 2.48. The van der Waals surface area contributed by atoms with E-state index < -0.39 is 0 Å². The predicted molar refractivity (Wildman–Crippen MR) is 204 cm³/mol. The molecule has 0 bridgehead atoms. The Morgan fingerprint density at radius 3 is 1.71 bits per heavy atom. The number of furan rings is 2. The average Bonchev–Trinajstić information content (AvgIpc) is 3.86. The first-order chi connectivity index (χ1) is 24.3. The van der Waals surface area contributed by atoms with Crippen LogP contribution in [0.3, 0.4) is 0 Å². The second kappa shape index (κ2) is 9.96. The molecular weight excluding hydrogens is 599 g/mol. The molecule has 228 valence electrons. The lowest BCUT2D eigenvalue weighted by atomic mass is 9.86. The molecule has 0 aliphatic heterocycles. The summed E-state index contributed by atoms with van der Waals surface area (Å²) in [5, 5.41) is 10.4. The van der Waals surface area contributed by atoms with Crippen molar-refractivity contribution in [1.29, 1.82) is 0 Å². The molecule has 8 aromatic carbocycles. The van der Waals surface area contributed by atoms with Gasteiger partial charge in [-0.15, -0.1) is 0 Å². The van der Waals surface area contributed by atoms with Crippen LogP contribution in [0.4, 0.5) is 0 Å². The van der Waals surface area contributed by atoms with Gasteiger partial charge < -0.3 is 13.4 Å². The summed E-state index contributed by atoms with van der Waals surface area (Å²) in [6, 6.07) is 58.3. The molecule has 11 rings (SSSR count). The molecule has 11 aromatic rings. The van der Waals surface area contributed by atoms with E-state index in [9.17, 15) is 0 Å². The predicted octanol–water partition coefficient (Wildman–Crippen LogP) is 13.1. The van der Waals surface area contributed by atoms with Crippen molar-refractivity contribution < 1.29 is 8.83 Å². The summed E-state index contributed by atoms with van der Waals surface area (Å²) in [4.78, 5) is 0. The Hall–Kier alpha value is -6.58. The molecule has 3 heteroatoms. The lowest BCUT2D eigenvalue weighted by molar-refractivity contribution is 0.632. The number of nitrogens with zero attached hydrogens (tertiary/aromatic N) is 1. The molecule has 0 spiro atoms. The number of hydrogen-bond acceptors (Lipinski definition) is 2. The summed E-state index contributed by atoms with van der Waals surface area (Å²) >= 11 is 0. The van der Waals surface area contributed by atoms with Crippen LogP contribution in [0.1, 0.15) is 0 Å². The van der Waals surface area contributed by atoms with Crippen molar-refractivity contribution in [2.75, 3.05) is 0 Å². The molecule has 0 atom stereocenters. The van der Waals surface area contributed by atoms with Gasteiger partial charge in [0.2, 0.25) is 0 Å². The minimum atomic E-state index is 0.817. The second-order valence-corrected chi connectivity index (χ2v) is 12.8. The molecule has 0 saturated heterocycles. The smallest absolute Gasteiger partial charge is 0.146 e. The van der Waals surface area contributed by atoms with Crippen molar-refractivity contribution in [3.63, 3.8) is 0 Å². The molecule has 3 nitrogen and oxygen atoms in total. The standard InChI is InChI=1S/C46H27NO2/c1-2-13-28(14-3-1)47-38-22-10-8-20-35(38)44-36(21-12-23-39(44)47)43-30-16-4-6-18-32(30)45(33-19-7-5-17-31(33)43)42-27-37-41(48-42)26-25-34-29-15-9-11-24-40(29)49-46(34)37/h1-27H. The van der Waals surface area contributed by atoms with Gasteiger partial charge in [0.05, 0.1) is 16.4 Å². The highest BCUT2D eigenvalue weighted by atomic mass is 16.3. The maximum atomic E-state index is 6.74. The second-order valence-electron chi connectivity index (χ2n) is 12.8. The molecule has 0 unspecified atom stereocenters. The Kier molecular flexibility index (Phi) is 5.38. The van der Waals surface area contributed by atoms with E-state index in [1.807, 2.05) is 12.1 Å². The van der Waals surface area contributed by atoms with Crippen LogP contribution in [-0.4, -0.2) is 4.57 Å². The van der Waals surface area contributed by atoms with Gasteiger partial charge in [-0.3, -0.25) is 0 Å². The van der Waals surface area contributed by atoms with Crippen molar-refractivity contribution >= 4 is 76.3 Å². The van der Waals surface area contributed by atoms with Crippen LogP contribution in [0.15, 0.2) is 173 Å². The molecule has 0 amide bonds. The normalized spacial score (nSPS) is 12.1. The Morgan fingerprint density at radius 1 is 0.367 bits per heavy atom. The molecule has 0 saturated carbocycles. The van der Waals surface area contributed by atoms with E-state index in [-0.39, 0.29) is 0 Å². The van der Waals surface area contributed by atoms with Crippen molar-refractivity contribution in [3.8, 4) is 28.1 Å². The van der Waals surface area contributed by atoms with E-state index in [2.05, 4.69) is 156 Å². The Morgan fingerprint density at radius 2 is 0.959 bits per heavy atom. The van der Waals surface area contributed by atoms with E-state index >= 15 is 0 Å². The van der Waals surface area contributed by atoms with Gasteiger partial charge in [-0.05, 0) is 81.2 Å². The first kappa shape index (κ1) is 26.5. The number of hydrogen-bond donors (Lipinski definition) is 0. The van der Waals surface area contributed by atoms with Gasteiger partial charge in [0.25, 0.3) is 0 Å². The SMILES string of the molecule is c1ccc(-n2c3ccccc3c3c(-c4c5ccccc5c(-c5cc6c(ccc7c8ccccc8oc67)o5)c5ccccc45)cccc32)cc1. The third-order valence-electron chi connectivity index (χ3n) is 10.2. The quantitative estimate of drug-likeness (QED) is 0.183. The van der Waals surface area contributed by atoms with Crippen molar-refractivity contribution in [1.82, 2.24) is 4.57 Å². The molecule has 3 heterocycles. The van der Waals surface area contributed by atoms with Crippen LogP contribution in [0.25, 0.3) is 104 Å². The fourth-order valence-electron chi connectivity index (χ4n) is 8.19. The maximum Gasteiger partial charge on any atom is 0.146 e. The highest BCUT2D eigenvalue weighted by molar-refractivity contribution is 6.26. The van der Waals surface area contributed by atoms with Gasteiger partial charge in [0, 0.05) is 32.8 Å². The number of para-hydroxylation sites is 3.